The number of rotatable bonds is 6. The Kier molecular flexibility index (Phi) is 6.67. The van der Waals surface area contributed by atoms with E-state index >= 15 is 0 Å². The molecule has 0 spiro atoms. The first-order chi connectivity index (χ1) is 9.08. The van der Waals surface area contributed by atoms with Crippen LogP contribution in [0.4, 0.5) is 10.5 Å². The highest BCUT2D eigenvalue weighted by Gasteiger charge is 2.09. The molecule has 1 aromatic rings. The standard InChI is InChI=1S/C14H21ClN2O2/c1-4-17(5-2)9-10-19-14(18)16-13-11(3)7-6-8-12(13)15/h6-8H,4-5,9-10H2,1-3H3,(H,16,18). The monoisotopic (exact) mass is 284 g/mol. The van der Waals surface area contributed by atoms with Crippen LogP contribution in [0.1, 0.15) is 19.4 Å². The van der Waals surface area contributed by atoms with E-state index in [-0.39, 0.29) is 0 Å². The lowest BCUT2D eigenvalue weighted by molar-refractivity contribution is 0.142. The SMILES string of the molecule is CCN(CC)CCOC(=O)Nc1c(C)cccc1Cl. The maximum Gasteiger partial charge on any atom is 0.411 e. The van der Waals surface area contributed by atoms with Crippen molar-refractivity contribution in [3.05, 3.63) is 28.8 Å². The van der Waals surface area contributed by atoms with Crippen LogP contribution in [-0.2, 0) is 4.74 Å². The van der Waals surface area contributed by atoms with Gasteiger partial charge in [0.2, 0.25) is 0 Å². The Bertz CT molecular complexity index is 400. The Morgan fingerprint density at radius 2 is 2.05 bits per heavy atom. The maximum absolute atomic E-state index is 11.7. The molecule has 0 aliphatic rings. The molecule has 19 heavy (non-hydrogen) atoms. The van der Waals surface area contributed by atoms with E-state index < -0.39 is 6.09 Å². The van der Waals surface area contributed by atoms with E-state index in [1.54, 1.807) is 6.07 Å². The first-order valence-electron chi connectivity index (χ1n) is 6.49. The molecular weight excluding hydrogens is 264 g/mol. The highest BCUT2D eigenvalue weighted by Crippen LogP contribution is 2.25. The van der Waals surface area contributed by atoms with Crippen molar-refractivity contribution in [3.63, 3.8) is 0 Å². The number of carbonyl (C=O) groups is 1. The number of ether oxygens (including phenoxy) is 1. The first-order valence-corrected chi connectivity index (χ1v) is 6.87. The molecule has 106 valence electrons. The van der Waals surface area contributed by atoms with E-state index in [4.69, 9.17) is 16.3 Å². The zero-order valence-electron chi connectivity index (χ0n) is 11.7. The van der Waals surface area contributed by atoms with Crippen LogP contribution in [0.5, 0.6) is 0 Å². The van der Waals surface area contributed by atoms with Gasteiger partial charge in [0.15, 0.2) is 0 Å². The summed E-state index contributed by atoms with van der Waals surface area (Å²) in [7, 11) is 0. The Morgan fingerprint density at radius 3 is 2.63 bits per heavy atom. The normalized spacial score (nSPS) is 10.6. The smallest absolute Gasteiger partial charge is 0.411 e. The molecule has 0 aliphatic heterocycles. The number of hydrogen-bond acceptors (Lipinski definition) is 3. The molecule has 1 amide bonds. The van der Waals surface area contributed by atoms with Gasteiger partial charge in [-0.15, -0.1) is 0 Å². The minimum atomic E-state index is -0.469. The molecule has 0 saturated carbocycles. The molecule has 0 radical (unpaired) electrons. The predicted octanol–water partition coefficient (Wildman–Crippen LogP) is 3.54. The molecule has 1 rings (SSSR count). The number of nitrogens with one attached hydrogen (secondary N) is 1. The van der Waals surface area contributed by atoms with E-state index in [1.807, 2.05) is 19.1 Å². The Labute approximate surface area is 119 Å². The van der Waals surface area contributed by atoms with E-state index in [9.17, 15) is 4.79 Å². The number of benzene rings is 1. The number of halogens is 1. The van der Waals surface area contributed by atoms with Crippen molar-refractivity contribution in [1.82, 2.24) is 4.90 Å². The fraction of sp³-hybridized carbons (Fsp3) is 0.500. The molecule has 5 heteroatoms. The van der Waals surface area contributed by atoms with Crippen LogP contribution >= 0.6 is 11.6 Å². The number of carbonyl (C=O) groups excluding carboxylic acids is 1. The molecule has 1 N–H and O–H groups in total. The molecule has 0 unspecified atom stereocenters. The van der Waals surface area contributed by atoms with E-state index in [0.717, 1.165) is 25.2 Å². The highest BCUT2D eigenvalue weighted by atomic mass is 35.5. The second-order valence-corrected chi connectivity index (χ2v) is 4.63. The number of likely N-dealkylation sites (N-methyl/N-ethyl adjacent to an activating group) is 1. The molecule has 0 fully saturated rings. The summed E-state index contributed by atoms with van der Waals surface area (Å²) in [5.74, 6) is 0. The third-order valence-corrected chi connectivity index (χ3v) is 3.30. The third-order valence-electron chi connectivity index (χ3n) is 2.98. The van der Waals surface area contributed by atoms with Gasteiger partial charge < -0.3 is 9.64 Å². The summed E-state index contributed by atoms with van der Waals surface area (Å²) in [5.41, 5.74) is 1.52. The first kappa shape index (κ1) is 15.8. The zero-order valence-corrected chi connectivity index (χ0v) is 12.5. The summed E-state index contributed by atoms with van der Waals surface area (Å²) in [6, 6.07) is 5.46. The van der Waals surface area contributed by atoms with E-state index in [0.29, 0.717) is 17.3 Å². The van der Waals surface area contributed by atoms with Crippen molar-refractivity contribution in [2.45, 2.75) is 20.8 Å². The minimum Gasteiger partial charge on any atom is -0.448 e. The van der Waals surface area contributed by atoms with Crippen LogP contribution < -0.4 is 5.32 Å². The quantitative estimate of drug-likeness (QED) is 0.869. The highest BCUT2D eigenvalue weighted by molar-refractivity contribution is 6.33. The van der Waals surface area contributed by atoms with Gasteiger partial charge in [0.25, 0.3) is 0 Å². The topological polar surface area (TPSA) is 41.6 Å². The summed E-state index contributed by atoms with van der Waals surface area (Å²) in [4.78, 5) is 13.9. The number of amides is 1. The van der Waals surface area contributed by atoms with Gasteiger partial charge in [0, 0.05) is 6.54 Å². The number of nitrogens with zero attached hydrogens (tertiary/aromatic N) is 1. The van der Waals surface area contributed by atoms with Gasteiger partial charge in [-0.05, 0) is 31.6 Å². The largest absolute Gasteiger partial charge is 0.448 e. The van der Waals surface area contributed by atoms with Crippen molar-refractivity contribution < 1.29 is 9.53 Å². The minimum absolute atomic E-state index is 0.372. The molecule has 0 bridgehead atoms. The van der Waals surface area contributed by atoms with Crippen LogP contribution in [0.3, 0.4) is 0 Å². The van der Waals surface area contributed by atoms with Gasteiger partial charge in [-0.3, -0.25) is 5.32 Å². The zero-order chi connectivity index (χ0) is 14.3. The number of aryl methyl sites for hydroxylation is 1. The summed E-state index contributed by atoms with van der Waals surface area (Å²) in [5, 5.41) is 3.19. The fourth-order valence-corrected chi connectivity index (χ4v) is 2.00. The van der Waals surface area contributed by atoms with Crippen LogP contribution in [0.2, 0.25) is 5.02 Å². The van der Waals surface area contributed by atoms with Crippen LogP contribution in [0.25, 0.3) is 0 Å². The molecule has 0 saturated heterocycles. The van der Waals surface area contributed by atoms with Gasteiger partial charge in [-0.25, -0.2) is 4.79 Å². The third kappa shape index (κ3) is 5.09. The average molecular weight is 285 g/mol. The van der Waals surface area contributed by atoms with Gasteiger partial charge in [-0.1, -0.05) is 37.6 Å². The van der Waals surface area contributed by atoms with Gasteiger partial charge in [0.05, 0.1) is 10.7 Å². The summed E-state index contributed by atoms with van der Waals surface area (Å²) in [6.45, 7) is 9.06. The second-order valence-electron chi connectivity index (χ2n) is 4.22. The molecule has 0 atom stereocenters. The average Bonchev–Trinajstić information content (AvgIpc) is 2.39. The second kappa shape index (κ2) is 8.02. The van der Waals surface area contributed by atoms with Crippen LogP contribution in [0, 0.1) is 6.92 Å². The van der Waals surface area contributed by atoms with Crippen LogP contribution in [-0.4, -0.2) is 37.2 Å². The predicted molar refractivity (Wildman–Crippen MR) is 78.9 cm³/mol. The van der Waals surface area contributed by atoms with Crippen LogP contribution in [0.15, 0.2) is 18.2 Å². The van der Waals surface area contributed by atoms with E-state index in [1.165, 1.54) is 0 Å². The van der Waals surface area contributed by atoms with E-state index in [2.05, 4.69) is 24.1 Å². The fourth-order valence-electron chi connectivity index (χ4n) is 1.74. The molecule has 4 nitrogen and oxygen atoms in total. The van der Waals surface area contributed by atoms with Crippen molar-refractivity contribution in [3.8, 4) is 0 Å². The van der Waals surface area contributed by atoms with Crippen molar-refractivity contribution in [2.24, 2.45) is 0 Å². The Balaban J connectivity index is 2.43. The van der Waals surface area contributed by atoms with Crippen molar-refractivity contribution >= 4 is 23.4 Å². The molecule has 0 aromatic heterocycles. The summed E-state index contributed by atoms with van der Waals surface area (Å²) in [6.07, 6.45) is -0.469. The maximum atomic E-state index is 11.7. The van der Waals surface area contributed by atoms with Crippen molar-refractivity contribution in [1.29, 1.82) is 0 Å². The van der Waals surface area contributed by atoms with Gasteiger partial charge >= 0.3 is 6.09 Å². The van der Waals surface area contributed by atoms with Crippen molar-refractivity contribution in [2.75, 3.05) is 31.6 Å². The van der Waals surface area contributed by atoms with Gasteiger partial charge in [0.1, 0.15) is 6.61 Å². The Morgan fingerprint density at radius 1 is 1.37 bits per heavy atom. The number of anilines is 1. The lowest BCUT2D eigenvalue weighted by Gasteiger charge is -2.17. The summed E-state index contributed by atoms with van der Waals surface area (Å²) >= 11 is 6.02. The molecular formula is C14H21ClN2O2. The van der Waals surface area contributed by atoms with Gasteiger partial charge in [-0.2, -0.15) is 0 Å². The number of para-hydroxylation sites is 1. The molecule has 1 aromatic carbocycles. The molecule has 0 aliphatic carbocycles. The molecule has 0 heterocycles. The lowest BCUT2D eigenvalue weighted by Crippen LogP contribution is -2.28. The number of hydrogen-bond donors (Lipinski definition) is 1. The lowest BCUT2D eigenvalue weighted by atomic mass is 10.2. The Hall–Kier alpha value is -1.26. The summed E-state index contributed by atoms with van der Waals surface area (Å²) < 4.78 is 5.14.